The maximum absolute atomic E-state index is 12.6. The molecule has 0 atom stereocenters. The lowest BCUT2D eigenvalue weighted by molar-refractivity contribution is 0.0793. The monoisotopic (exact) mass is 370 g/mol. The fourth-order valence-electron chi connectivity index (χ4n) is 2.31. The summed E-state index contributed by atoms with van der Waals surface area (Å²) in [5.74, 6) is -0.167. The minimum absolute atomic E-state index is 0.0416. The van der Waals surface area contributed by atoms with Crippen LogP contribution in [0.3, 0.4) is 0 Å². The number of hydrogen-bond acceptors (Lipinski definition) is 5. The highest BCUT2D eigenvalue weighted by atomic mass is 19.3. The van der Waals surface area contributed by atoms with Gasteiger partial charge in [0.15, 0.2) is 12.4 Å². The molecule has 0 N–H and O–H groups in total. The molecule has 0 aliphatic carbocycles. The second kappa shape index (κ2) is 8.31. The molecule has 0 aliphatic rings. The third-order valence-corrected chi connectivity index (χ3v) is 3.67. The zero-order valence-corrected chi connectivity index (χ0v) is 14.4. The highest BCUT2D eigenvalue weighted by molar-refractivity contribution is 6.03. The predicted molar refractivity (Wildman–Crippen MR) is 95.9 cm³/mol. The van der Waals surface area contributed by atoms with E-state index in [9.17, 15) is 13.6 Å². The van der Waals surface area contributed by atoms with E-state index in [0.29, 0.717) is 11.5 Å². The van der Waals surface area contributed by atoms with Gasteiger partial charge in [-0.25, -0.2) is 13.8 Å². The van der Waals surface area contributed by atoms with E-state index in [1.165, 1.54) is 30.1 Å². The third kappa shape index (κ3) is 4.60. The highest BCUT2D eigenvalue weighted by Crippen LogP contribution is 2.19. The summed E-state index contributed by atoms with van der Waals surface area (Å²) in [6.07, 6.45) is -2.62. The number of carbonyl (C=O) groups is 1. The van der Waals surface area contributed by atoms with Gasteiger partial charge in [-0.2, -0.15) is 0 Å². The Labute approximate surface area is 154 Å². The van der Waals surface area contributed by atoms with Crippen LogP contribution >= 0.6 is 0 Å². The second-order valence-electron chi connectivity index (χ2n) is 5.57. The molecule has 1 aromatic carbocycles. The lowest BCUT2D eigenvalue weighted by Crippen LogP contribution is -2.28. The summed E-state index contributed by atoms with van der Waals surface area (Å²) in [6.45, 7) is -0.785. The van der Waals surface area contributed by atoms with Crippen LogP contribution in [0.2, 0.25) is 0 Å². The summed E-state index contributed by atoms with van der Waals surface area (Å²) in [5.41, 5.74) is 1.65. The van der Waals surface area contributed by atoms with Gasteiger partial charge in [-0.15, -0.1) is 10.2 Å². The Balaban J connectivity index is 1.74. The van der Waals surface area contributed by atoms with E-state index < -0.39 is 18.9 Å². The average Bonchev–Trinajstić information content (AvgIpc) is 2.72. The van der Waals surface area contributed by atoms with Crippen molar-refractivity contribution in [1.82, 2.24) is 15.2 Å². The molecule has 27 heavy (non-hydrogen) atoms. The van der Waals surface area contributed by atoms with Crippen LogP contribution in [0, 0.1) is 0 Å². The summed E-state index contributed by atoms with van der Waals surface area (Å²) in [7, 11) is 1.53. The van der Waals surface area contributed by atoms with Crippen molar-refractivity contribution in [2.75, 3.05) is 18.6 Å². The number of ether oxygens (including phenoxy) is 1. The van der Waals surface area contributed by atoms with E-state index in [0.717, 1.165) is 5.56 Å². The molecular formula is C19H16F2N4O2. The molecule has 0 radical (unpaired) electrons. The van der Waals surface area contributed by atoms with Crippen molar-refractivity contribution in [2.45, 2.75) is 6.43 Å². The van der Waals surface area contributed by atoms with Gasteiger partial charge in [0.1, 0.15) is 5.69 Å². The fourth-order valence-corrected chi connectivity index (χ4v) is 2.31. The van der Waals surface area contributed by atoms with Crippen molar-refractivity contribution in [2.24, 2.45) is 0 Å². The van der Waals surface area contributed by atoms with Gasteiger partial charge in [0.2, 0.25) is 5.88 Å². The van der Waals surface area contributed by atoms with E-state index in [4.69, 9.17) is 4.74 Å². The van der Waals surface area contributed by atoms with E-state index in [2.05, 4.69) is 15.2 Å². The molecule has 2 aromatic heterocycles. The maximum atomic E-state index is 12.6. The molecule has 0 spiro atoms. The largest absolute Gasteiger partial charge is 0.472 e. The van der Waals surface area contributed by atoms with E-state index in [1.807, 2.05) is 30.3 Å². The average molecular weight is 370 g/mol. The van der Waals surface area contributed by atoms with E-state index in [-0.39, 0.29) is 11.6 Å². The van der Waals surface area contributed by atoms with Crippen LogP contribution in [0.15, 0.2) is 60.7 Å². The Morgan fingerprint density at radius 3 is 2.48 bits per heavy atom. The zero-order valence-electron chi connectivity index (χ0n) is 14.4. The number of anilines is 1. The number of rotatable bonds is 6. The van der Waals surface area contributed by atoms with Crippen LogP contribution < -0.4 is 9.64 Å². The summed E-state index contributed by atoms with van der Waals surface area (Å²) in [4.78, 5) is 17.8. The van der Waals surface area contributed by atoms with Crippen molar-refractivity contribution in [3.63, 3.8) is 0 Å². The smallest absolute Gasteiger partial charge is 0.277 e. The molecule has 0 saturated carbocycles. The molecular weight excluding hydrogens is 354 g/mol. The fraction of sp³-hybridized carbons (Fsp3) is 0.158. The first-order valence-corrected chi connectivity index (χ1v) is 8.10. The molecule has 0 aliphatic heterocycles. The predicted octanol–water partition coefficient (Wildman–Crippen LogP) is 3.46. The normalized spacial score (nSPS) is 10.7. The zero-order chi connectivity index (χ0) is 19.2. The number of nitrogens with zero attached hydrogens (tertiary/aromatic N) is 4. The van der Waals surface area contributed by atoms with Crippen molar-refractivity contribution >= 4 is 11.7 Å². The number of hydrogen-bond donors (Lipinski definition) is 0. The van der Waals surface area contributed by atoms with Gasteiger partial charge in [-0.1, -0.05) is 36.4 Å². The Morgan fingerprint density at radius 2 is 1.81 bits per heavy atom. The Hall–Kier alpha value is -3.42. The molecule has 0 unspecified atom stereocenters. The summed E-state index contributed by atoms with van der Waals surface area (Å²) >= 11 is 0. The molecule has 1 amide bonds. The van der Waals surface area contributed by atoms with Crippen LogP contribution in [-0.4, -0.2) is 41.2 Å². The van der Waals surface area contributed by atoms with Gasteiger partial charge in [0.25, 0.3) is 12.3 Å². The third-order valence-electron chi connectivity index (χ3n) is 3.67. The lowest BCUT2D eigenvalue weighted by atomic mass is 10.1. The highest BCUT2D eigenvalue weighted by Gasteiger charge is 2.17. The van der Waals surface area contributed by atoms with Gasteiger partial charge < -0.3 is 4.74 Å². The number of benzene rings is 1. The number of pyridine rings is 1. The van der Waals surface area contributed by atoms with Crippen molar-refractivity contribution in [3.05, 3.63) is 66.4 Å². The first-order valence-electron chi connectivity index (χ1n) is 8.10. The molecule has 0 saturated heterocycles. The SMILES string of the molecule is CN(C(=O)c1cccc(OCC(F)F)n1)c1ccc(-c2ccccc2)nn1. The summed E-state index contributed by atoms with van der Waals surface area (Å²) in [5, 5.41) is 8.22. The number of halogens is 2. The van der Waals surface area contributed by atoms with Gasteiger partial charge in [-0.05, 0) is 18.2 Å². The summed E-state index contributed by atoms with van der Waals surface area (Å²) < 4.78 is 29.3. The topological polar surface area (TPSA) is 68.2 Å². The second-order valence-corrected chi connectivity index (χ2v) is 5.57. The minimum atomic E-state index is -2.62. The van der Waals surface area contributed by atoms with Crippen LogP contribution in [0.1, 0.15) is 10.5 Å². The Bertz CT molecular complexity index is 905. The van der Waals surface area contributed by atoms with E-state index in [1.54, 1.807) is 12.1 Å². The van der Waals surface area contributed by atoms with Crippen molar-refractivity contribution in [3.8, 4) is 17.1 Å². The minimum Gasteiger partial charge on any atom is -0.472 e. The van der Waals surface area contributed by atoms with Crippen molar-refractivity contribution < 1.29 is 18.3 Å². The molecule has 8 heteroatoms. The Kier molecular flexibility index (Phi) is 5.65. The van der Waals surface area contributed by atoms with Crippen LogP contribution in [0.5, 0.6) is 5.88 Å². The maximum Gasteiger partial charge on any atom is 0.277 e. The van der Waals surface area contributed by atoms with Crippen LogP contribution in [-0.2, 0) is 0 Å². The van der Waals surface area contributed by atoms with Crippen LogP contribution in [0.25, 0.3) is 11.3 Å². The standard InChI is InChI=1S/C19H16F2N4O2/c1-25(17-11-10-14(23-24-17)13-6-3-2-4-7-13)19(26)15-8-5-9-18(22-15)27-12-16(20)21/h2-11,16H,12H2,1H3. The summed E-state index contributed by atoms with van der Waals surface area (Å²) in [6, 6.07) is 17.4. The lowest BCUT2D eigenvalue weighted by Gasteiger charge is -2.15. The first-order chi connectivity index (χ1) is 13.0. The Morgan fingerprint density at radius 1 is 1.04 bits per heavy atom. The number of aromatic nitrogens is 3. The number of carbonyl (C=O) groups excluding carboxylic acids is 1. The van der Waals surface area contributed by atoms with Gasteiger partial charge in [0.05, 0.1) is 5.69 Å². The molecule has 3 aromatic rings. The number of amides is 1. The van der Waals surface area contributed by atoms with Gasteiger partial charge >= 0.3 is 0 Å². The molecule has 3 rings (SSSR count). The molecule has 2 heterocycles. The first kappa shape index (κ1) is 18.4. The molecule has 0 bridgehead atoms. The van der Waals surface area contributed by atoms with E-state index >= 15 is 0 Å². The van der Waals surface area contributed by atoms with Gasteiger partial charge in [-0.3, -0.25) is 9.69 Å². The van der Waals surface area contributed by atoms with Crippen LogP contribution in [0.4, 0.5) is 14.6 Å². The molecule has 0 fully saturated rings. The van der Waals surface area contributed by atoms with Crippen molar-refractivity contribution in [1.29, 1.82) is 0 Å². The quantitative estimate of drug-likeness (QED) is 0.665. The molecule has 6 nitrogen and oxygen atoms in total. The number of alkyl halides is 2. The molecule has 138 valence electrons. The van der Waals surface area contributed by atoms with Gasteiger partial charge in [0, 0.05) is 18.7 Å².